The molecule has 0 aliphatic carbocycles. The average molecular weight is 314 g/mol. The number of nitrogens with one attached hydrogen (secondary N) is 1. The zero-order chi connectivity index (χ0) is 16.2. The summed E-state index contributed by atoms with van der Waals surface area (Å²) in [6.07, 6.45) is 0. The fraction of sp³-hybridized carbons (Fsp3) is 0.412. The number of nitrogens with zero attached hydrogens (tertiary/aromatic N) is 3. The molecule has 122 valence electrons. The summed E-state index contributed by atoms with van der Waals surface area (Å²) in [4.78, 5) is 11.2. The third-order valence-electron chi connectivity index (χ3n) is 3.82. The minimum absolute atomic E-state index is 0.296. The quantitative estimate of drug-likeness (QED) is 0.884. The van der Waals surface area contributed by atoms with E-state index in [9.17, 15) is 0 Å². The minimum atomic E-state index is 0.296. The van der Waals surface area contributed by atoms with Crippen molar-refractivity contribution in [2.24, 2.45) is 0 Å². The van der Waals surface area contributed by atoms with Crippen molar-refractivity contribution in [2.75, 3.05) is 30.1 Å². The first kappa shape index (κ1) is 15.4. The van der Waals surface area contributed by atoms with Gasteiger partial charge in [0.05, 0.1) is 0 Å². The van der Waals surface area contributed by atoms with E-state index in [-0.39, 0.29) is 0 Å². The molecule has 0 bridgehead atoms. The molecule has 0 fully saturated rings. The van der Waals surface area contributed by atoms with E-state index in [0.29, 0.717) is 13.3 Å². The van der Waals surface area contributed by atoms with Gasteiger partial charge in [-0.15, -0.1) is 0 Å². The van der Waals surface area contributed by atoms with E-state index in [0.717, 1.165) is 47.6 Å². The van der Waals surface area contributed by atoms with Crippen molar-refractivity contribution in [3.8, 4) is 11.5 Å². The molecule has 6 nitrogen and oxygen atoms in total. The third-order valence-corrected chi connectivity index (χ3v) is 3.82. The third kappa shape index (κ3) is 3.47. The molecular weight excluding hydrogens is 292 g/mol. The van der Waals surface area contributed by atoms with Crippen molar-refractivity contribution in [2.45, 2.75) is 27.3 Å². The number of benzene rings is 1. The summed E-state index contributed by atoms with van der Waals surface area (Å²) in [5.41, 5.74) is 1.12. The van der Waals surface area contributed by atoms with Crippen molar-refractivity contribution in [3.63, 3.8) is 0 Å². The second-order valence-electron chi connectivity index (χ2n) is 5.37. The summed E-state index contributed by atoms with van der Waals surface area (Å²) in [5.74, 6) is 4.15. The van der Waals surface area contributed by atoms with Gasteiger partial charge in [0.15, 0.2) is 11.5 Å². The highest BCUT2D eigenvalue weighted by atomic mass is 16.7. The van der Waals surface area contributed by atoms with E-state index >= 15 is 0 Å². The smallest absolute Gasteiger partial charge is 0.231 e. The van der Waals surface area contributed by atoms with Crippen LogP contribution in [-0.4, -0.2) is 29.9 Å². The first-order valence-electron chi connectivity index (χ1n) is 7.92. The Bertz CT molecular complexity index is 686. The van der Waals surface area contributed by atoms with Gasteiger partial charge in [0.1, 0.15) is 17.5 Å². The van der Waals surface area contributed by atoms with Crippen LogP contribution in [0, 0.1) is 6.92 Å². The summed E-state index contributed by atoms with van der Waals surface area (Å²) >= 11 is 0. The molecule has 1 aliphatic heterocycles. The monoisotopic (exact) mass is 314 g/mol. The number of anilines is 2. The molecule has 2 aromatic rings. The Morgan fingerprint density at radius 3 is 2.65 bits per heavy atom. The number of rotatable bonds is 6. The van der Waals surface area contributed by atoms with Crippen LogP contribution in [0.15, 0.2) is 24.3 Å². The largest absolute Gasteiger partial charge is 0.454 e. The Labute approximate surface area is 136 Å². The molecule has 0 amide bonds. The topological polar surface area (TPSA) is 59.5 Å². The molecule has 1 aromatic carbocycles. The second kappa shape index (κ2) is 6.73. The summed E-state index contributed by atoms with van der Waals surface area (Å²) in [6.45, 7) is 8.98. The van der Waals surface area contributed by atoms with Crippen molar-refractivity contribution >= 4 is 11.6 Å². The standard InChI is InChI=1S/C17H22N4O2/c1-4-21(5-2)17-9-16(19-12(3)20-17)18-10-13-6-7-14-15(8-13)23-11-22-14/h6-9H,4-5,10-11H2,1-3H3,(H,18,19,20). The van der Waals surface area contributed by atoms with Crippen LogP contribution in [0.4, 0.5) is 11.6 Å². The Balaban J connectivity index is 1.72. The Morgan fingerprint density at radius 1 is 1.09 bits per heavy atom. The highest BCUT2D eigenvalue weighted by Gasteiger charge is 2.13. The van der Waals surface area contributed by atoms with E-state index < -0.39 is 0 Å². The van der Waals surface area contributed by atoms with Gasteiger partial charge in [0, 0.05) is 25.7 Å². The van der Waals surface area contributed by atoms with Gasteiger partial charge in [-0.3, -0.25) is 0 Å². The SMILES string of the molecule is CCN(CC)c1cc(NCc2ccc3c(c2)OCO3)nc(C)n1. The number of aromatic nitrogens is 2. The number of fused-ring (bicyclic) bond motifs is 1. The van der Waals surface area contributed by atoms with Gasteiger partial charge in [-0.1, -0.05) is 6.07 Å². The maximum absolute atomic E-state index is 5.41. The maximum atomic E-state index is 5.41. The predicted octanol–water partition coefficient (Wildman–Crippen LogP) is 2.97. The van der Waals surface area contributed by atoms with Crippen LogP contribution < -0.4 is 19.7 Å². The molecule has 6 heteroatoms. The molecule has 0 saturated heterocycles. The molecule has 1 aliphatic rings. The van der Waals surface area contributed by atoms with Crippen LogP contribution in [0.3, 0.4) is 0 Å². The van der Waals surface area contributed by atoms with Gasteiger partial charge in [-0.25, -0.2) is 9.97 Å². The van der Waals surface area contributed by atoms with Crippen LogP contribution in [0.2, 0.25) is 0 Å². The highest BCUT2D eigenvalue weighted by Crippen LogP contribution is 2.32. The van der Waals surface area contributed by atoms with Gasteiger partial charge in [0.25, 0.3) is 0 Å². The van der Waals surface area contributed by atoms with E-state index in [1.165, 1.54) is 0 Å². The number of aryl methyl sites for hydroxylation is 1. The van der Waals surface area contributed by atoms with E-state index in [1.807, 2.05) is 31.2 Å². The number of ether oxygens (including phenoxy) is 2. The van der Waals surface area contributed by atoms with Crippen LogP contribution in [-0.2, 0) is 6.54 Å². The number of hydrogen-bond donors (Lipinski definition) is 1. The van der Waals surface area contributed by atoms with Crippen molar-refractivity contribution in [1.82, 2.24) is 9.97 Å². The molecule has 0 spiro atoms. The molecule has 1 N–H and O–H groups in total. The zero-order valence-electron chi connectivity index (χ0n) is 13.8. The molecular formula is C17H22N4O2. The van der Waals surface area contributed by atoms with E-state index in [1.54, 1.807) is 0 Å². The lowest BCUT2D eigenvalue weighted by atomic mass is 10.2. The molecule has 0 radical (unpaired) electrons. The molecule has 0 saturated carbocycles. The Kier molecular flexibility index (Phi) is 4.50. The normalized spacial score (nSPS) is 12.3. The van der Waals surface area contributed by atoms with Gasteiger partial charge >= 0.3 is 0 Å². The lowest BCUT2D eigenvalue weighted by molar-refractivity contribution is 0.174. The minimum Gasteiger partial charge on any atom is -0.454 e. The fourth-order valence-electron chi connectivity index (χ4n) is 2.60. The maximum Gasteiger partial charge on any atom is 0.231 e. The van der Waals surface area contributed by atoms with Crippen LogP contribution in [0.25, 0.3) is 0 Å². The van der Waals surface area contributed by atoms with Gasteiger partial charge in [-0.2, -0.15) is 0 Å². The average Bonchev–Trinajstić information content (AvgIpc) is 3.01. The van der Waals surface area contributed by atoms with Crippen molar-refractivity contribution < 1.29 is 9.47 Å². The van der Waals surface area contributed by atoms with Crippen molar-refractivity contribution in [1.29, 1.82) is 0 Å². The molecule has 0 atom stereocenters. The predicted molar refractivity (Wildman–Crippen MR) is 90.2 cm³/mol. The van der Waals surface area contributed by atoms with Crippen LogP contribution >= 0.6 is 0 Å². The first-order valence-corrected chi connectivity index (χ1v) is 7.92. The second-order valence-corrected chi connectivity index (χ2v) is 5.37. The lowest BCUT2D eigenvalue weighted by Crippen LogP contribution is -2.23. The first-order chi connectivity index (χ1) is 11.2. The van der Waals surface area contributed by atoms with Gasteiger partial charge < -0.3 is 19.7 Å². The summed E-state index contributed by atoms with van der Waals surface area (Å²) in [5, 5.41) is 3.36. The van der Waals surface area contributed by atoms with Crippen molar-refractivity contribution in [3.05, 3.63) is 35.7 Å². The molecule has 2 heterocycles. The van der Waals surface area contributed by atoms with Gasteiger partial charge in [-0.05, 0) is 38.5 Å². The molecule has 23 heavy (non-hydrogen) atoms. The number of hydrogen-bond acceptors (Lipinski definition) is 6. The highest BCUT2D eigenvalue weighted by molar-refractivity contribution is 5.50. The molecule has 3 rings (SSSR count). The lowest BCUT2D eigenvalue weighted by Gasteiger charge is -2.20. The zero-order valence-corrected chi connectivity index (χ0v) is 13.8. The molecule has 0 unspecified atom stereocenters. The van der Waals surface area contributed by atoms with Crippen LogP contribution in [0.1, 0.15) is 25.2 Å². The molecule has 1 aromatic heterocycles. The van der Waals surface area contributed by atoms with Gasteiger partial charge in [0.2, 0.25) is 6.79 Å². The Morgan fingerprint density at radius 2 is 1.87 bits per heavy atom. The Hall–Kier alpha value is -2.50. The fourth-order valence-corrected chi connectivity index (χ4v) is 2.60. The van der Waals surface area contributed by atoms with E-state index in [4.69, 9.17) is 9.47 Å². The van der Waals surface area contributed by atoms with Crippen LogP contribution in [0.5, 0.6) is 11.5 Å². The summed E-state index contributed by atoms with van der Waals surface area (Å²) in [7, 11) is 0. The summed E-state index contributed by atoms with van der Waals surface area (Å²) < 4.78 is 10.7. The summed E-state index contributed by atoms with van der Waals surface area (Å²) in [6, 6.07) is 7.95. The van der Waals surface area contributed by atoms with E-state index in [2.05, 4.69) is 34.0 Å².